The molecule has 4 aromatic rings. The Morgan fingerprint density at radius 2 is 1.76 bits per heavy atom. The molecular weight excluding hydrogens is 436 g/mol. The minimum atomic E-state index is -0.424. The highest BCUT2D eigenvalue weighted by Gasteiger charge is 2.28. The van der Waals surface area contributed by atoms with Crippen molar-refractivity contribution in [3.8, 4) is 5.69 Å². The predicted octanol–water partition coefficient (Wildman–Crippen LogP) is 6.04. The fourth-order valence-electron chi connectivity index (χ4n) is 4.01. The number of nitrogens with zero attached hydrogens (tertiary/aromatic N) is 3. The molecule has 6 nitrogen and oxygen atoms in total. The molecule has 0 aliphatic rings. The number of carbonyl (C=O) groups is 1. The third-order valence-electron chi connectivity index (χ3n) is 5.55. The van der Waals surface area contributed by atoms with Gasteiger partial charge in [-0.05, 0) is 55.8 Å². The lowest BCUT2D eigenvalue weighted by atomic mass is 10.1. The van der Waals surface area contributed by atoms with Crippen molar-refractivity contribution < 1.29 is 4.79 Å². The van der Waals surface area contributed by atoms with Gasteiger partial charge in [0.15, 0.2) is 0 Å². The van der Waals surface area contributed by atoms with Gasteiger partial charge in [0.1, 0.15) is 5.82 Å². The Balaban J connectivity index is 1.84. The minimum Gasteiger partial charge on any atom is -0.315 e. The second-order valence-electron chi connectivity index (χ2n) is 7.61. The molecule has 0 fully saturated rings. The number of para-hydroxylation sites is 2. The molecule has 7 heteroatoms. The van der Waals surface area contributed by atoms with Gasteiger partial charge in [0.2, 0.25) is 0 Å². The van der Waals surface area contributed by atoms with Crippen molar-refractivity contribution in [1.29, 1.82) is 0 Å². The third kappa shape index (κ3) is 4.61. The molecule has 1 atom stereocenters. The van der Waals surface area contributed by atoms with Crippen LogP contribution in [0, 0.1) is 0 Å². The summed E-state index contributed by atoms with van der Waals surface area (Å²) in [5.74, 6) is 0.524. The van der Waals surface area contributed by atoms with E-state index in [0.717, 1.165) is 0 Å². The number of fused-ring (bicyclic) bond motifs is 1. The molecule has 0 saturated heterocycles. The first-order chi connectivity index (χ1) is 16.0. The zero-order chi connectivity index (χ0) is 23.4. The Bertz CT molecular complexity index is 1340. The highest BCUT2D eigenvalue weighted by molar-refractivity contribution is 6.30. The van der Waals surface area contributed by atoms with Crippen molar-refractivity contribution in [3.05, 3.63) is 100 Å². The summed E-state index contributed by atoms with van der Waals surface area (Å²) in [6, 6.07) is 23.0. The van der Waals surface area contributed by atoms with E-state index in [1.54, 1.807) is 39.8 Å². The molecule has 0 aliphatic heterocycles. The predicted molar refractivity (Wildman–Crippen MR) is 133 cm³/mol. The summed E-state index contributed by atoms with van der Waals surface area (Å²) < 4.78 is 1.62. The van der Waals surface area contributed by atoms with E-state index in [-0.39, 0.29) is 11.6 Å². The van der Waals surface area contributed by atoms with Crippen molar-refractivity contribution in [1.82, 2.24) is 14.5 Å². The summed E-state index contributed by atoms with van der Waals surface area (Å²) in [6.45, 7) is 4.32. The number of amides is 2. The van der Waals surface area contributed by atoms with Crippen LogP contribution in [0.3, 0.4) is 0 Å². The summed E-state index contributed by atoms with van der Waals surface area (Å²) in [7, 11) is 0. The van der Waals surface area contributed by atoms with E-state index in [0.29, 0.717) is 46.1 Å². The third-order valence-corrected chi connectivity index (χ3v) is 5.79. The second kappa shape index (κ2) is 9.88. The van der Waals surface area contributed by atoms with Gasteiger partial charge in [-0.25, -0.2) is 9.78 Å². The Hall–Kier alpha value is -3.64. The van der Waals surface area contributed by atoms with E-state index < -0.39 is 6.04 Å². The molecule has 0 saturated carbocycles. The highest BCUT2D eigenvalue weighted by Crippen LogP contribution is 2.27. The molecule has 4 rings (SSSR count). The number of hydrogen-bond acceptors (Lipinski definition) is 3. The Morgan fingerprint density at radius 1 is 1.03 bits per heavy atom. The number of carbonyl (C=O) groups excluding carboxylic acids is 1. The van der Waals surface area contributed by atoms with Gasteiger partial charge < -0.3 is 10.2 Å². The monoisotopic (exact) mass is 460 g/mol. The molecule has 2 amide bonds. The molecule has 0 aliphatic carbocycles. The van der Waals surface area contributed by atoms with Gasteiger partial charge in [-0.1, -0.05) is 54.9 Å². The van der Waals surface area contributed by atoms with Crippen LogP contribution in [0.1, 0.15) is 32.1 Å². The molecule has 0 bridgehead atoms. The maximum absolute atomic E-state index is 13.6. The van der Waals surface area contributed by atoms with Gasteiger partial charge >= 0.3 is 6.03 Å². The molecule has 3 aromatic carbocycles. The lowest BCUT2D eigenvalue weighted by Gasteiger charge is -2.31. The first-order valence-electron chi connectivity index (χ1n) is 10.9. The van der Waals surface area contributed by atoms with Crippen LogP contribution < -0.4 is 10.9 Å². The number of urea groups is 1. The molecule has 33 heavy (non-hydrogen) atoms. The Morgan fingerprint density at radius 3 is 2.45 bits per heavy atom. The summed E-state index contributed by atoms with van der Waals surface area (Å²) in [4.78, 5) is 33.4. The number of benzene rings is 3. The molecule has 1 aromatic heterocycles. The number of rotatable bonds is 6. The fraction of sp³-hybridized carbons (Fsp3) is 0.192. The van der Waals surface area contributed by atoms with Crippen molar-refractivity contribution in [2.75, 3.05) is 11.9 Å². The quantitative estimate of drug-likeness (QED) is 0.381. The molecular formula is C26H25ClN4O2. The van der Waals surface area contributed by atoms with Crippen molar-refractivity contribution >= 4 is 34.2 Å². The van der Waals surface area contributed by atoms with Crippen LogP contribution in [-0.4, -0.2) is 27.0 Å². The van der Waals surface area contributed by atoms with Crippen LogP contribution in [0.15, 0.2) is 83.7 Å². The summed E-state index contributed by atoms with van der Waals surface area (Å²) in [6.07, 6.45) is 0.578. The molecule has 1 N–H and O–H groups in total. The molecule has 0 spiro atoms. The SMILES string of the molecule is CCC(c1nc2ccccc2c(=O)n1-c1ccccc1)N(CC)C(=O)Nc1cccc(Cl)c1. The number of hydrogen-bond donors (Lipinski definition) is 1. The molecule has 1 unspecified atom stereocenters. The van der Waals surface area contributed by atoms with Gasteiger partial charge in [0.25, 0.3) is 5.56 Å². The zero-order valence-corrected chi connectivity index (χ0v) is 19.3. The number of halogens is 1. The largest absolute Gasteiger partial charge is 0.322 e. The van der Waals surface area contributed by atoms with E-state index in [1.807, 2.05) is 62.4 Å². The minimum absolute atomic E-state index is 0.161. The van der Waals surface area contributed by atoms with Gasteiger partial charge in [-0.2, -0.15) is 0 Å². The average Bonchev–Trinajstić information content (AvgIpc) is 2.83. The van der Waals surface area contributed by atoms with Gasteiger partial charge in [0.05, 0.1) is 22.6 Å². The molecule has 0 radical (unpaired) electrons. The number of aromatic nitrogens is 2. The fourth-order valence-corrected chi connectivity index (χ4v) is 4.20. The van der Waals surface area contributed by atoms with Crippen LogP contribution in [0.2, 0.25) is 5.02 Å². The maximum atomic E-state index is 13.6. The number of anilines is 1. The first kappa shape index (κ1) is 22.6. The van der Waals surface area contributed by atoms with E-state index in [9.17, 15) is 9.59 Å². The summed E-state index contributed by atoms with van der Waals surface area (Å²) in [5, 5.41) is 3.99. The lowest BCUT2D eigenvalue weighted by molar-refractivity contribution is 0.185. The van der Waals surface area contributed by atoms with Gasteiger partial charge in [0, 0.05) is 17.3 Å². The zero-order valence-electron chi connectivity index (χ0n) is 18.5. The molecule has 1 heterocycles. The van der Waals surface area contributed by atoms with Crippen molar-refractivity contribution in [2.45, 2.75) is 26.3 Å². The first-order valence-corrected chi connectivity index (χ1v) is 11.3. The second-order valence-corrected chi connectivity index (χ2v) is 8.05. The van der Waals surface area contributed by atoms with E-state index in [2.05, 4.69) is 5.32 Å². The van der Waals surface area contributed by atoms with Crippen LogP contribution >= 0.6 is 11.6 Å². The summed E-state index contributed by atoms with van der Waals surface area (Å²) >= 11 is 6.08. The smallest absolute Gasteiger partial charge is 0.315 e. The van der Waals surface area contributed by atoms with Crippen LogP contribution in [0.25, 0.3) is 16.6 Å². The van der Waals surface area contributed by atoms with E-state index in [4.69, 9.17) is 16.6 Å². The van der Waals surface area contributed by atoms with Crippen molar-refractivity contribution in [3.63, 3.8) is 0 Å². The van der Waals surface area contributed by atoms with Crippen LogP contribution in [0.5, 0.6) is 0 Å². The lowest BCUT2D eigenvalue weighted by Crippen LogP contribution is -2.40. The van der Waals surface area contributed by atoms with Gasteiger partial charge in [-0.3, -0.25) is 9.36 Å². The normalized spacial score (nSPS) is 11.8. The highest BCUT2D eigenvalue weighted by atomic mass is 35.5. The van der Waals surface area contributed by atoms with Gasteiger partial charge in [-0.15, -0.1) is 0 Å². The standard InChI is InChI=1S/C26H25ClN4O2/c1-3-23(30(4-2)26(33)28-19-12-10-11-18(27)17-19)24-29-22-16-9-8-15-21(22)25(32)31(24)20-13-6-5-7-14-20/h5-17,23H,3-4H2,1-2H3,(H,28,33). The van der Waals surface area contributed by atoms with Crippen molar-refractivity contribution in [2.24, 2.45) is 0 Å². The Labute approximate surface area is 197 Å². The molecule has 168 valence electrons. The topological polar surface area (TPSA) is 67.2 Å². The van der Waals surface area contributed by atoms with Crippen LogP contribution in [0.4, 0.5) is 10.5 Å². The summed E-state index contributed by atoms with van der Waals surface area (Å²) in [5.41, 5.74) is 1.76. The van der Waals surface area contributed by atoms with E-state index in [1.165, 1.54) is 0 Å². The number of nitrogens with one attached hydrogen (secondary N) is 1. The Kier molecular flexibility index (Phi) is 6.75. The maximum Gasteiger partial charge on any atom is 0.322 e. The van der Waals surface area contributed by atoms with Crippen LogP contribution in [-0.2, 0) is 0 Å². The van der Waals surface area contributed by atoms with E-state index >= 15 is 0 Å². The average molecular weight is 461 g/mol.